The Morgan fingerprint density at radius 2 is 2.03 bits per heavy atom. The van der Waals surface area contributed by atoms with Gasteiger partial charge in [-0.15, -0.1) is 5.10 Å². The quantitative estimate of drug-likeness (QED) is 0.704. The van der Waals surface area contributed by atoms with E-state index in [1.54, 1.807) is 0 Å². The van der Waals surface area contributed by atoms with Gasteiger partial charge in [-0.05, 0) is 18.8 Å². The summed E-state index contributed by atoms with van der Waals surface area (Å²) in [6.07, 6.45) is 8.53. The molecule has 9 heteroatoms. The molecule has 2 aromatic heterocycles. The number of imidazole rings is 1. The Labute approximate surface area is 170 Å². The van der Waals surface area contributed by atoms with Crippen molar-refractivity contribution in [2.45, 2.75) is 31.8 Å². The number of likely N-dealkylation sites (tertiary alicyclic amines) is 1. The molecule has 3 aliphatic rings. The van der Waals surface area contributed by atoms with Crippen molar-refractivity contribution in [1.82, 2.24) is 34.3 Å². The summed E-state index contributed by atoms with van der Waals surface area (Å²) in [5.41, 5.74) is 1.98. The molecule has 3 fully saturated rings. The molecule has 1 amide bonds. The number of aromatic nitrogens is 5. The summed E-state index contributed by atoms with van der Waals surface area (Å²) >= 11 is 0. The maximum atomic E-state index is 13.3. The minimum absolute atomic E-state index is 0.0792. The lowest BCUT2D eigenvalue weighted by molar-refractivity contribution is -0.139. The van der Waals surface area contributed by atoms with Crippen molar-refractivity contribution >= 4 is 5.91 Å². The molecule has 0 unspecified atom stereocenters. The van der Waals surface area contributed by atoms with Crippen molar-refractivity contribution < 1.29 is 9.53 Å². The lowest BCUT2D eigenvalue weighted by Crippen LogP contribution is -2.45. The van der Waals surface area contributed by atoms with Gasteiger partial charge in [0.15, 0.2) is 0 Å². The maximum absolute atomic E-state index is 13.3. The first-order valence-corrected chi connectivity index (χ1v) is 10.6. The number of rotatable bonds is 6. The summed E-state index contributed by atoms with van der Waals surface area (Å²) in [7, 11) is 1.97. The number of carbonyl (C=O) groups excluding carboxylic acids is 1. The van der Waals surface area contributed by atoms with E-state index in [2.05, 4.69) is 26.4 Å². The summed E-state index contributed by atoms with van der Waals surface area (Å²) in [5, 5.41) is 8.64. The predicted octanol–water partition coefficient (Wildman–Crippen LogP) is 0.496. The van der Waals surface area contributed by atoms with Crippen molar-refractivity contribution in [2.24, 2.45) is 18.9 Å². The number of amides is 1. The Kier molecular flexibility index (Phi) is 5.09. The minimum atomic E-state index is -0.0792. The lowest BCUT2D eigenvalue weighted by Gasteiger charge is -2.30. The zero-order valence-electron chi connectivity index (χ0n) is 17.0. The molecule has 5 rings (SSSR count). The largest absolute Gasteiger partial charge is 0.378 e. The van der Waals surface area contributed by atoms with Crippen LogP contribution in [0, 0.1) is 11.8 Å². The Balaban J connectivity index is 1.30. The molecule has 29 heavy (non-hydrogen) atoms. The topological polar surface area (TPSA) is 81.3 Å². The molecule has 2 aliphatic heterocycles. The normalized spacial score (nSPS) is 25.6. The fourth-order valence-corrected chi connectivity index (χ4v) is 4.50. The van der Waals surface area contributed by atoms with Gasteiger partial charge in [0.25, 0.3) is 0 Å². The number of nitrogens with zero attached hydrogens (tertiary/aromatic N) is 7. The van der Waals surface area contributed by atoms with Crippen molar-refractivity contribution in [3.63, 3.8) is 0 Å². The standard InChI is InChI=1S/C20H29N7O2/c1-24-13-19(21-14-24)17-11-25(9-16-10-27(23-22-16)8-15-2-3-15)12-18(17)20(28)26-4-6-29-7-5-26/h10,13-15,17-18H,2-9,11-12H2,1H3/t17-,18-/m1/s1. The van der Waals surface area contributed by atoms with E-state index in [-0.39, 0.29) is 17.7 Å². The van der Waals surface area contributed by atoms with Gasteiger partial charge in [0.2, 0.25) is 5.91 Å². The van der Waals surface area contributed by atoms with Crippen LogP contribution in [0.15, 0.2) is 18.7 Å². The first kappa shape index (κ1) is 18.7. The SMILES string of the molecule is Cn1cnc([C@@H]2CN(Cc3cn(CC4CC4)nn3)C[C@H]2C(=O)N2CCOCC2)c1. The van der Waals surface area contributed by atoms with Crippen LogP contribution in [0.25, 0.3) is 0 Å². The predicted molar refractivity (Wildman–Crippen MR) is 105 cm³/mol. The molecular weight excluding hydrogens is 370 g/mol. The number of ether oxygens (including phenoxy) is 1. The van der Waals surface area contributed by atoms with E-state index in [0.717, 1.165) is 43.5 Å². The van der Waals surface area contributed by atoms with Crippen molar-refractivity contribution in [3.8, 4) is 0 Å². The van der Waals surface area contributed by atoms with Gasteiger partial charge in [-0.1, -0.05) is 5.21 Å². The molecular formula is C20H29N7O2. The van der Waals surface area contributed by atoms with E-state index in [0.29, 0.717) is 26.3 Å². The van der Waals surface area contributed by atoms with Crippen LogP contribution >= 0.6 is 0 Å². The third kappa shape index (κ3) is 4.20. The number of carbonyl (C=O) groups is 1. The van der Waals surface area contributed by atoms with E-state index < -0.39 is 0 Å². The molecule has 1 saturated carbocycles. The molecule has 156 valence electrons. The first-order valence-electron chi connectivity index (χ1n) is 10.6. The monoisotopic (exact) mass is 399 g/mol. The number of morpholine rings is 1. The highest BCUT2D eigenvalue weighted by Crippen LogP contribution is 2.34. The summed E-state index contributed by atoms with van der Waals surface area (Å²) in [4.78, 5) is 22.2. The molecule has 9 nitrogen and oxygen atoms in total. The highest BCUT2D eigenvalue weighted by molar-refractivity contribution is 5.80. The van der Waals surface area contributed by atoms with Gasteiger partial charge < -0.3 is 14.2 Å². The van der Waals surface area contributed by atoms with Crippen LogP contribution in [0.4, 0.5) is 0 Å². The van der Waals surface area contributed by atoms with Crippen LogP contribution in [0.1, 0.15) is 30.1 Å². The highest BCUT2D eigenvalue weighted by atomic mass is 16.5. The Bertz CT molecular complexity index is 853. The Hall–Kier alpha value is -2.26. The second kappa shape index (κ2) is 7.87. The van der Waals surface area contributed by atoms with Crippen LogP contribution < -0.4 is 0 Å². The van der Waals surface area contributed by atoms with Gasteiger partial charge in [-0.2, -0.15) is 0 Å². The van der Waals surface area contributed by atoms with E-state index in [9.17, 15) is 4.79 Å². The Morgan fingerprint density at radius 3 is 2.76 bits per heavy atom. The highest BCUT2D eigenvalue weighted by Gasteiger charge is 2.41. The fraction of sp³-hybridized carbons (Fsp3) is 0.700. The van der Waals surface area contributed by atoms with Crippen LogP contribution in [-0.4, -0.2) is 79.6 Å². The molecule has 4 heterocycles. The zero-order chi connectivity index (χ0) is 19.8. The number of hydrogen-bond donors (Lipinski definition) is 0. The van der Waals surface area contributed by atoms with Crippen molar-refractivity contribution in [1.29, 1.82) is 0 Å². The van der Waals surface area contributed by atoms with Crippen LogP contribution in [0.2, 0.25) is 0 Å². The molecule has 2 aromatic rings. The van der Waals surface area contributed by atoms with Gasteiger partial charge in [0.05, 0.1) is 36.8 Å². The van der Waals surface area contributed by atoms with Gasteiger partial charge in [-0.25, -0.2) is 4.98 Å². The average Bonchev–Trinajstić information content (AvgIpc) is 3.09. The van der Waals surface area contributed by atoms with E-state index in [1.807, 2.05) is 33.7 Å². The van der Waals surface area contributed by atoms with Gasteiger partial charge in [0, 0.05) is 64.6 Å². The zero-order valence-corrected chi connectivity index (χ0v) is 17.0. The fourth-order valence-electron chi connectivity index (χ4n) is 4.50. The molecule has 2 atom stereocenters. The summed E-state index contributed by atoms with van der Waals surface area (Å²) in [6, 6.07) is 0. The summed E-state index contributed by atoms with van der Waals surface area (Å²) in [5.74, 6) is 1.03. The molecule has 0 radical (unpaired) electrons. The first-order chi connectivity index (χ1) is 14.2. The van der Waals surface area contributed by atoms with Crippen molar-refractivity contribution in [3.05, 3.63) is 30.1 Å². The van der Waals surface area contributed by atoms with Crippen LogP contribution in [0.5, 0.6) is 0 Å². The van der Waals surface area contributed by atoms with Gasteiger partial charge in [0.1, 0.15) is 0 Å². The molecule has 2 saturated heterocycles. The minimum Gasteiger partial charge on any atom is -0.378 e. The van der Waals surface area contributed by atoms with Gasteiger partial charge >= 0.3 is 0 Å². The number of aryl methyl sites for hydroxylation is 1. The van der Waals surface area contributed by atoms with Crippen LogP contribution in [0.3, 0.4) is 0 Å². The second-order valence-corrected chi connectivity index (χ2v) is 8.68. The summed E-state index contributed by atoms with van der Waals surface area (Å²) in [6.45, 7) is 5.85. The lowest BCUT2D eigenvalue weighted by atomic mass is 9.92. The smallest absolute Gasteiger partial charge is 0.227 e. The van der Waals surface area contributed by atoms with E-state index >= 15 is 0 Å². The molecule has 0 spiro atoms. The number of hydrogen-bond acceptors (Lipinski definition) is 6. The third-order valence-electron chi connectivity index (χ3n) is 6.25. The van der Waals surface area contributed by atoms with Gasteiger partial charge in [-0.3, -0.25) is 14.4 Å². The van der Waals surface area contributed by atoms with Crippen LogP contribution in [-0.2, 0) is 29.7 Å². The molecule has 0 N–H and O–H groups in total. The second-order valence-electron chi connectivity index (χ2n) is 8.68. The maximum Gasteiger partial charge on any atom is 0.227 e. The molecule has 0 bridgehead atoms. The van der Waals surface area contributed by atoms with E-state index in [1.165, 1.54) is 12.8 Å². The van der Waals surface area contributed by atoms with Crippen molar-refractivity contribution in [2.75, 3.05) is 39.4 Å². The third-order valence-corrected chi connectivity index (χ3v) is 6.25. The Morgan fingerprint density at radius 1 is 1.21 bits per heavy atom. The average molecular weight is 399 g/mol. The molecule has 0 aromatic carbocycles. The molecule has 1 aliphatic carbocycles. The van der Waals surface area contributed by atoms with E-state index in [4.69, 9.17) is 4.74 Å². The summed E-state index contributed by atoms with van der Waals surface area (Å²) < 4.78 is 9.35.